The van der Waals surface area contributed by atoms with Gasteiger partial charge in [-0.15, -0.1) is 0 Å². The van der Waals surface area contributed by atoms with Gasteiger partial charge in [-0.1, -0.05) is 48.5 Å². The lowest BCUT2D eigenvalue weighted by Crippen LogP contribution is -2.13. The third kappa shape index (κ3) is 4.18. The van der Waals surface area contributed by atoms with Crippen LogP contribution >= 0.6 is 15.9 Å². The summed E-state index contributed by atoms with van der Waals surface area (Å²) in [4.78, 5) is 24.4. The van der Waals surface area contributed by atoms with Gasteiger partial charge in [0.2, 0.25) is 0 Å². The molecule has 0 amide bonds. The summed E-state index contributed by atoms with van der Waals surface area (Å²) in [5.41, 5.74) is 5.01. The highest BCUT2D eigenvalue weighted by Gasteiger charge is 2.22. The van der Waals surface area contributed by atoms with E-state index in [1.807, 2.05) is 59.2 Å². The summed E-state index contributed by atoms with van der Waals surface area (Å²) >= 11 is 3.60. The summed E-state index contributed by atoms with van der Waals surface area (Å²) < 4.78 is 12.8. The minimum absolute atomic E-state index is 0.309. The van der Waals surface area contributed by atoms with Crippen molar-refractivity contribution in [1.82, 2.24) is 4.57 Å². The molecule has 162 valence electrons. The fourth-order valence-corrected chi connectivity index (χ4v) is 4.48. The molecule has 5 nitrogen and oxygen atoms in total. The zero-order valence-corrected chi connectivity index (χ0v) is 19.4. The second kappa shape index (κ2) is 9.40. The fraction of sp³-hybridized carbons (Fsp3) is 0.154. The smallest absolute Gasteiger partial charge is 0.356 e. The van der Waals surface area contributed by atoms with Crippen molar-refractivity contribution in [3.8, 4) is 11.1 Å². The average Bonchev–Trinajstić information content (AvgIpc) is 3.10. The van der Waals surface area contributed by atoms with Crippen LogP contribution in [0.25, 0.3) is 22.0 Å². The van der Waals surface area contributed by atoms with Crippen molar-refractivity contribution in [3.63, 3.8) is 0 Å². The van der Waals surface area contributed by atoms with Gasteiger partial charge in [-0.3, -0.25) is 0 Å². The fourth-order valence-electron chi connectivity index (χ4n) is 3.77. The molecule has 0 aliphatic rings. The first kappa shape index (κ1) is 21.8. The lowest BCUT2D eigenvalue weighted by molar-refractivity contribution is 0.0513. The minimum Gasteiger partial charge on any atom is -0.465 e. The van der Waals surface area contributed by atoms with Crippen LogP contribution in [0.15, 0.2) is 77.3 Å². The molecule has 4 aromatic rings. The molecule has 3 aromatic carbocycles. The van der Waals surface area contributed by atoms with E-state index in [2.05, 4.69) is 22.0 Å². The number of hydrogen-bond acceptors (Lipinski definition) is 4. The quantitative estimate of drug-likeness (QED) is 0.306. The molecular formula is C26H22BrNO4. The van der Waals surface area contributed by atoms with Crippen LogP contribution in [0.2, 0.25) is 0 Å². The first-order valence-electron chi connectivity index (χ1n) is 10.2. The van der Waals surface area contributed by atoms with Crippen molar-refractivity contribution in [3.05, 3.63) is 94.1 Å². The van der Waals surface area contributed by atoms with Crippen LogP contribution in [0.4, 0.5) is 0 Å². The SMILES string of the molecule is CCOC(=O)c1c(Br)c2ccccc2n1Cc1cccc(-c2ccc(C(=O)OC)cc2)c1. The second-order valence-corrected chi connectivity index (χ2v) is 8.05. The number of carbonyl (C=O) groups excluding carboxylic acids is 2. The van der Waals surface area contributed by atoms with Gasteiger partial charge in [0.25, 0.3) is 0 Å². The molecule has 1 aromatic heterocycles. The van der Waals surface area contributed by atoms with Crippen molar-refractivity contribution in [1.29, 1.82) is 0 Å². The van der Waals surface area contributed by atoms with Crippen molar-refractivity contribution in [2.24, 2.45) is 0 Å². The Hall–Kier alpha value is -3.38. The van der Waals surface area contributed by atoms with Gasteiger partial charge in [0.1, 0.15) is 5.69 Å². The maximum absolute atomic E-state index is 12.7. The van der Waals surface area contributed by atoms with E-state index < -0.39 is 0 Å². The van der Waals surface area contributed by atoms with Crippen molar-refractivity contribution in [2.45, 2.75) is 13.5 Å². The Labute approximate surface area is 194 Å². The van der Waals surface area contributed by atoms with Gasteiger partial charge in [0.15, 0.2) is 0 Å². The normalized spacial score (nSPS) is 10.8. The highest BCUT2D eigenvalue weighted by atomic mass is 79.9. The molecule has 0 radical (unpaired) electrons. The number of hydrogen-bond donors (Lipinski definition) is 0. The number of ether oxygens (including phenoxy) is 2. The molecule has 0 atom stereocenters. The molecule has 0 aliphatic heterocycles. The Bertz CT molecular complexity index is 1290. The minimum atomic E-state index is -0.359. The number of carbonyl (C=O) groups is 2. The number of halogens is 1. The summed E-state index contributed by atoms with van der Waals surface area (Å²) in [7, 11) is 1.37. The maximum Gasteiger partial charge on any atom is 0.356 e. The number of benzene rings is 3. The van der Waals surface area contributed by atoms with E-state index in [1.54, 1.807) is 19.1 Å². The number of para-hydroxylation sites is 1. The van der Waals surface area contributed by atoms with Crippen molar-refractivity contribution in [2.75, 3.05) is 13.7 Å². The number of fused-ring (bicyclic) bond motifs is 1. The predicted molar refractivity (Wildman–Crippen MR) is 128 cm³/mol. The van der Waals surface area contributed by atoms with E-state index in [9.17, 15) is 9.59 Å². The molecule has 0 saturated carbocycles. The Morgan fingerprint density at radius 1 is 0.906 bits per heavy atom. The van der Waals surface area contributed by atoms with Crippen LogP contribution in [-0.4, -0.2) is 30.2 Å². The van der Waals surface area contributed by atoms with Gasteiger partial charge < -0.3 is 14.0 Å². The molecule has 0 saturated heterocycles. The molecule has 0 unspecified atom stereocenters. The third-order valence-corrected chi connectivity index (χ3v) is 6.09. The number of methoxy groups -OCH3 is 1. The Kier molecular flexibility index (Phi) is 6.42. The Morgan fingerprint density at radius 3 is 2.38 bits per heavy atom. The van der Waals surface area contributed by atoms with E-state index in [1.165, 1.54) is 7.11 Å². The van der Waals surface area contributed by atoms with E-state index in [0.717, 1.165) is 32.1 Å². The largest absolute Gasteiger partial charge is 0.465 e. The number of esters is 2. The summed E-state index contributed by atoms with van der Waals surface area (Å²) in [6.07, 6.45) is 0. The van der Waals surface area contributed by atoms with Crippen molar-refractivity contribution >= 4 is 38.8 Å². The molecule has 0 fully saturated rings. The molecule has 0 spiro atoms. The van der Waals surface area contributed by atoms with E-state index >= 15 is 0 Å². The molecule has 0 aliphatic carbocycles. The standard InChI is InChI=1S/C26H22BrNO4/c1-3-32-26(30)24-23(27)21-9-4-5-10-22(21)28(24)16-17-7-6-8-20(15-17)18-11-13-19(14-12-18)25(29)31-2/h4-15H,3,16H2,1-2H3. The lowest BCUT2D eigenvalue weighted by Gasteiger charge is -2.12. The van der Waals surface area contributed by atoms with Crippen molar-refractivity contribution < 1.29 is 19.1 Å². The third-order valence-electron chi connectivity index (χ3n) is 5.28. The van der Waals surface area contributed by atoms with Gasteiger partial charge in [0, 0.05) is 11.9 Å². The first-order valence-corrected chi connectivity index (χ1v) is 11.0. The Morgan fingerprint density at radius 2 is 1.66 bits per heavy atom. The predicted octanol–water partition coefficient (Wildman–Crippen LogP) is 6.08. The molecule has 0 N–H and O–H groups in total. The number of aromatic nitrogens is 1. The molecule has 4 rings (SSSR count). The maximum atomic E-state index is 12.7. The highest BCUT2D eigenvalue weighted by Crippen LogP contribution is 2.33. The highest BCUT2D eigenvalue weighted by molar-refractivity contribution is 9.10. The first-order chi connectivity index (χ1) is 15.5. The summed E-state index contributed by atoms with van der Waals surface area (Å²) in [6, 6.07) is 23.3. The van der Waals surface area contributed by atoms with Crippen LogP contribution in [0.1, 0.15) is 33.3 Å². The monoisotopic (exact) mass is 491 g/mol. The van der Waals surface area contributed by atoms with Crippen LogP contribution < -0.4 is 0 Å². The number of rotatable bonds is 6. The number of nitrogens with zero attached hydrogens (tertiary/aromatic N) is 1. The van der Waals surface area contributed by atoms with E-state index in [4.69, 9.17) is 9.47 Å². The van der Waals surface area contributed by atoms with E-state index in [0.29, 0.717) is 24.4 Å². The van der Waals surface area contributed by atoms with Crippen LogP contribution in [0.3, 0.4) is 0 Å². The summed E-state index contributed by atoms with van der Waals surface area (Å²) in [5.74, 6) is -0.716. The molecule has 1 heterocycles. The second-order valence-electron chi connectivity index (χ2n) is 7.26. The summed E-state index contributed by atoms with van der Waals surface area (Å²) in [6.45, 7) is 2.62. The summed E-state index contributed by atoms with van der Waals surface area (Å²) in [5, 5.41) is 0.963. The van der Waals surface area contributed by atoms with E-state index in [-0.39, 0.29) is 11.9 Å². The Balaban J connectivity index is 1.72. The van der Waals surface area contributed by atoms with Crippen LogP contribution in [0, 0.1) is 0 Å². The van der Waals surface area contributed by atoms with Gasteiger partial charge in [-0.05, 0) is 63.8 Å². The average molecular weight is 492 g/mol. The lowest BCUT2D eigenvalue weighted by atomic mass is 10.0. The topological polar surface area (TPSA) is 57.5 Å². The zero-order valence-electron chi connectivity index (χ0n) is 17.8. The van der Waals surface area contributed by atoms with Gasteiger partial charge >= 0.3 is 11.9 Å². The molecular weight excluding hydrogens is 470 g/mol. The molecule has 0 bridgehead atoms. The van der Waals surface area contributed by atoms with Gasteiger partial charge in [-0.2, -0.15) is 0 Å². The van der Waals surface area contributed by atoms with Gasteiger partial charge in [0.05, 0.1) is 29.3 Å². The molecule has 32 heavy (non-hydrogen) atoms. The van der Waals surface area contributed by atoms with Crippen LogP contribution in [0.5, 0.6) is 0 Å². The molecule has 6 heteroatoms. The zero-order chi connectivity index (χ0) is 22.7. The van der Waals surface area contributed by atoms with Gasteiger partial charge in [-0.25, -0.2) is 9.59 Å². The van der Waals surface area contributed by atoms with Crippen LogP contribution in [-0.2, 0) is 16.0 Å².